The Morgan fingerprint density at radius 3 is 2.04 bits per heavy atom. The molecule has 0 saturated carbocycles. The van der Waals surface area contributed by atoms with Gasteiger partial charge in [0.15, 0.2) is 0 Å². The van der Waals surface area contributed by atoms with Crippen LogP contribution in [0.5, 0.6) is 0 Å². The molecule has 9 heteroatoms. The molecule has 3 N–H and O–H groups in total. The van der Waals surface area contributed by atoms with Gasteiger partial charge in [-0.1, -0.05) is 0 Å². The standard InChI is InChI=1S/3C5H6N2O/c1-4-2-6-3-7-5(4)8;1-4-5(8)7-3-2-6-4;1-4-5(8)2-3-6-7-4/h2-3H,1H3,(H,6,7,8);2-3H,1H3,(H,7,8);2-3H,1H3,(H,6,8). The van der Waals surface area contributed by atoms with Crippen molar-refractivity contribution >= 4 is 0 Å². The number of hydrogen-bond donors (Lipinski definition) is 3. The van der Waals surface area contributed by atoms with Crippen molar-refractivity contribution in [3.8, 4) is 0 Å². The van der Waals surface area contributed by atoms with Crippen molar-refractivity contribution in [1.82, 2.24) is 30.1 Å². The first kappa shape index (κ1) is 18.7. The molecule has 0 atom stereocenters. The number of rotatable bonds is 0. The summed E-state index contributed by atoms with van der Waals surface area (Å²) in [5.74, 6) is 0. The summed E-state index contributed by atoms with van der Waals surface area (Å²) in [6.45, 7) is 5.05. The van der Waals surface area contributed by atoms with Gasteiger partial charge in [-0.25, -0.2) is 4.98 Å². The van der Waals surface area contributed by atoms with Crippen molar-refractivity contribution in [1.29, 1.82) is 0 Å². The second-order valence-electron chi connectivity index (χ2n) is 4.59. The Hall–Kier alpha value is -3.36. The lowest BCUT2D eigenvalue weighted by Gasteiger charge is -1.83. The number of nitrogens with zero attached hydrogens (tertiary/aromatic N) is 3. The van der Waals surface area contributed by atoms with Crippen LogP contribution in [0.25, 0.3) is 0 Å². The van der Waals surface area contributed by atoms with Gasteiger partial charge in [-0.2, -0.15) is 5.10 Å². The molecule has 3 aromatic heterocycles. The Balaban J connectivity index is 0.000000180. The van der Waals surface area contributed by atoms with Gasteiger partial charge in [-0.3, -0.25) is 24.5 Å². The van der Waals surface area contributed by atoms with Crippen molar-refractivity contribution in [2.45, 2.75) is 20.8 Å². The van der Waals surface area contributed by atoms with Crippen LogP contribution in [-0.2, 0) is 0 Å². The first-order valence-electron chi connectivity index (χ1n) is 6.92. The van der Waals surface area contributed by atoms with Crippen LogP contribution in [0.1, 0.15) is 17.0 Å². The molecule has 3 heterocycles. The van der Waals surface area contributed by atoms with E-state index in [0.717, 1.165) is 0 Å². The highest BCUT2D eigenvalue weighted by atomic mass is 16.1. The molecule has 0 aromatic carbocycles. The van der Waals surface area contributed by atoms with E-state index in [0.29, 0.717) is 17.0 Å². The number of aryl methyl sites for hydroxylation is 3. The van der Waals surface area contributed by atoms with Crippen LogP contribution in [-0.4, -0.2) is 30.1 Å². The predicted octanol–water partition coefficient (Wildman–Crippen LogP) is 0.235. The molecule has 0 aliphatic carbocycles. The molecule has 126 valence electrons. The predicted molar refractivity (Wildman–Crippen MR) is 88.8 cm³/mol. The molecule has 0 unspecified atom stereocenters. The van der Waals surface area contributed by atoms with E-state index in [2.05, 4.69) is 30.1 Å². The first-order valence-corrected chi connectivity index (χ1v) is 6.92. The van der Waals surface area contributed by atoms with Crippen LogP contribution < -0.4 is 16.5 Å². The minimum atomic E-state index is -0.118. The van der Waals surface area contributed by atoms with Gasteiger partial charge in [0.25, 0.3) is 11.1 Å². The van der Waals surface area contributed by atoms with E-state index in [4.69, 9.17) is 0 Å². The first-order chi connectivity index (χ1) is 11.4. The minimum Gasteiger partial charge on any atom is -0.326 e. The molecule has 3 aromatic rings. The van der Waals surface area contributed by atoms with Gasteiger partial charge in [-0.05, 0) is 20.8 Å². The fourth-order valence-corrected chi connectivity index (χ4v) is 1.27. The third-order valence-corrected chi connectivity index (χ3v) is 2.68. The van der Waals surface area contributed by atoms with Gasteiger partial charge < -0.3 is 9.97 Å². The zero-order valence-electron chi connectivity index (χ0n) is 13.5. The number of H-pyrrole nitrogens is 3. The van der Waals surface area contributed by atoms with Crippen molar-refractivity contribution < 1.29 is 0 Å². The Labute approximate surface area is 136 Å². The average molecular weight is 330 g/mol. The summed E-state index contributed by atoms with van der Waals surface area (Å²) >= 11 is 0. The molecule has 3 rings (SSSR count). The van der Waals surface area contributed by atoms with Crippen molar-refractivity contribution in [3.63, 3.8) is 0 Å². The van der Waals surface area contributed by atoms with Crippen molar-refractivity contribution in [2.75, 3.05) is 0 Å². The summed E-state index contributed by atoms with van der Waals surface area (Å²) in [6, 6.07) is 1.45. The molecular weight excluding hydrogens is 312 g/mol. The monoisotopic (exact) mass is 330 g/mol. The third kappa shape index (κ3) is 6.60. The topological polar surface area (TPSA) is 137 Å². The summed E-state index contributed by atoms with van der Waals surface area (Å²) in [5, 5.41) is 6.19. The van der Waals surface area contributed by atoms with Crippen LogP contribution in [0.4, 0.5) is 0 Å². The lowest BCUT2D eigenvalue weighted by atomic mass is 10.4. The van der Waals surface area contributed by atoms with E-state index in [-0.39, 0.29) is 16.5 Å². The number of hydrogen-bond acceptors (Lipinski definition) is 6. The maximum atomic E-state index is 10.5. The molecule has 0 fully saturated rings. The SMILES string of the molecule is Cc1cnc[nH]c1=O.Cc1n[nH]ccc1=O.Cc1ncc[nH]c1=O. The lowest BCUT2D eigenvalue weighted by molar-refractivity contribution is 0.964. The van der Waals surface area contributed by atoms with E-state index in [1.165, 1.54) is 31.0 Å². The highest BCUT2D eigenvalue weighted by molar-refractivity contribution is 4.98. The van der Waals surface area contributed by atoms with Crippen LogP contribution in [0, 0.1) is 20.8 Å². The van der Waals surface area contributed by atoms with E-state index >= 15 is 0 Å². The molecule has 0 aliphatic rings. The highest BCUT2D eigenvalue weighted by Crippen LogP contribution is 1.76. The highest BCUT2D eigenvalue weighted by Gasteiger charge is 1.86. The second-order valence-corrected chi connectivity index (χ2v) is 4.59. The Morgan fingerprint density at radius 2 is 1.67 bits per heavy atom. The van der Waals surface area contributed by atoms with Gasteiger partial charge in [0, 0.05) is 36.4 Å². The Kier molecular flexibility index (Phi) is 7.49. The lowest BCUT2D eigenvalue weighted by Crippen LogP contribution is -2.08. The van der Waals surface area contributed by atoms with Gasteiger partial charge in [0.2, 0.25) is 5.43 Å². The number of aromatic nitrogens is 6. The normalized spacial score (nSPS) is 9.12. The molecule has 24 heavy (non-hydrogen) atoms. The van der Waals surface area contributed by atoms with Crippen molar-refractivity contribution in [3.05, 3.63) is 85.1 Å². The Morgan fingerprint density at radius 1 is 0.917 bits per heavy atom. The van der Waals surface area contributed by atoms with E-state index in [9.17, 15) is 14.4 Å². The maximum Gasteiger partial charge on any atom is 0.269 e. The van der Waals surface area contributed by atoms with Crippen molar-refractivity contribution in [2.24, 2.45) is 0 Å². The van der Waals surface area contributed by atoms with Gasteiger partial charge >= 0.3 is 0 Å². The molecule has 0 amide bonds. The number of aromatic amines is 3. The van der Waals surface area contributed by atoms with E-state index < -0.39 is 0 Å². The van der Waals surface area contributed by atoms with Gasteiger partial charge in [0.1, 0.15) is 11.4 Å². The van der Waals surface area contributed by atoms with Crippen LogP contribution in [0.3, 0.4) is 0 Å². The largest absolute Gasteiger partial charge is 0.326 e. The number of nitrogens with one attached hydrogen (secondary N) is 3. The summed E-state index contributed by atoms with van der Waals surface area (Å²) in [5.41, 5.74) is 1.45. The van der Waals surface area contributed by atoms with Gasteiger partial charge in [-0.15, -0.1) is 0 Å². The van der Waals surface area contributed by atoms with E-state index in [1.54, 1.807) is 27.0 Å². The zero-order valence-corrected chi connectivity index (χ0v) is 13.5. The minimum absolute atomic E-state index is 0.0243. The van der Waals surface area contributed by atoms with E-state index in [1.807, 2.05) is 0 Å². The second kappa shape index (κ2) is 9.62. The smallest absolute Gasteiger partial charge is 0.269 e. The van der Waals surface area contributed by atoms with Crippen LogP contribution in [0.2, 0.25) is 0 Å². The molecule has 0 saturated heterocycles. The fourth-order valence-electron chi connectivity index (χ4n) is 1.27. The molecule has 9 nitrogen and oxygen atoms in total. The zero-order chi connectivity index (χ0) is 17.9. The molecule has 0 bridgehead atoms. The maximum absolute atomic E-state index is 10.5. The third-order valence-electron chi connectivity index (χ3n) is 2.68. The fraction of sp³-hybridized carbons (Fsp3) is 0.200. The van der Waals surface area contributed by atoms with Gasteiger partial charge in [0.05, 0.1) is 6.33 Å². The van der Waals surface area contributed by atoms with Crippen LogP contribution >= 0.6 is 0 Å². The van der Waals surface area contributed by atoms with Crippen LogP contribution in [0.15, 0.2) is 51.6 Å². The molecule has 0 spiro atoms. The molecular formula is C15H18N6O3. The summed E-state index contributed by atoms with van der Waals surface area (Å²) in [7, 11) is 0. The molecule has 0 radical (unpaired) electrons. The molecule has 0 aliphatic heterocycles. The summed E-state index contributed by atoms with van der Waals surface area (Å²) in [6.07, 6.45) is 7.47. The summed E-state index contributed by atoms with van der Waals surface area (Å²) < 4.78 is 0. The Bertz CT molecular complexity index is 806. The quantitative estimate of drug-likeness (QED) is 0.540. The summed E-state index contributed by atoms with van der Waals surface area (Å²) in [4.78, 5) is 43.9. The average Bonchev–Trinajstić information content (AvgIpc) is 2.57.